The van der Waals surface area contributed by atoms with Gasteiger partial charge in [0.2, 0.25) is 21.8 Å². The fourth-order valence-electron chi connectivity index (χ4n) is 4.33. The second kappa shape index (κ2) is 13.4. The van der Waals surface area contributed by atoms with Crippen molar-refractivity contribution in [3.63, 3.8) is 0 Å². The lowest BCUT2D eigenvalue weighted by molar-refractivity contribution is -0.140. The summed E-state index contributed by atoms with van der Waals surface area (Å²) in [6.45, 7) is 5.24. The smallest absolute Gasteiger partial charge is 0.244 e. The van der Waals surface area contributed by atoms with Crippen LogP contribution in [0.4, 0.5) is 10.1 Å². The largest absolute Gasteiger partial charge is 0.354 e. The first-order valence-corrected chi connectivity index (χ1v) is 14.8. The Morgan fingerprint density at radius 2 is 1.62 bits per heavy atom. The molecule has 0 heterocycles. The number of carbonyl (C=O) groups is 2. The molecule has 0 saturated carbocycles. The predicted octanol–water partition coefficient (Wildman–Crippen LogP) is 4.37. The number of rotatable bonds is 12. The number of benzene rings is 3. The molecule has 0 aliphatic heterocycles. The minimum absolute atomic E-state index is 0.179. The lowest BCUT2D eigenvalue weighted by Crippen LogP contribution is -2.53. The maximum atomic E-state index is 14.8. The second-order valence-corrected chi connectivity index (χ2v) is 11.5. The molecule has 0 unspecified atom stereocenters. The van der Waals surface area contributed by atoms with Gasteiger partial charge < -0.3 is 10.2 Å². The maximum Gasteiger partial charge on any atom is 0.244 e. The van der Waals surface area contributed by atoms with E-state index < -0.39 is 34.3 Å². The van der Waals surface area contributed by atoms with E-state index in [1.807, 2.05) is 50.2 Å². The van der Waals surface area contributed by atoms with Crippen molar-refractivity contribution >= 4 is 27.5 Å². The van der Waals surface area contributed by atoms with Crippen LogP contribution in [0.15, 0.2) is 72.8 Å². The molecular weight excluding hydrogens is 517 g/mol. The Hall–Kier alpha value is -3.72. The summed E-state index contributed by atoms with van der Waals surface area (Å²) in [5.41, 5.74) is 3.02. The molecule has 9 heteroatoms. The predicted molar refractivity (Wildman–Crippen MR) is 152 cm³/mol. The van der Waals surface area contributed by atoms with Crippen LogP contribution in [0.5, 0.6) is 0 Å². The van der Waals surface area contributed by atoms with Crippen molar-refractivity contribution in [3.8, 4) is 0 Å². The van der Waals surface area contributed by atoms with Crippen molar-refractivity contribution in [1.82, 2.24) is 10.2 Å². The molecule has 0 saturated heterocycles. The number of hydrogen-bond acceptors (Lipinski definition) is 4. The van der Waals surface area contributed by atoms with Crippen LogP contribution in [0.3, 0.4) is 0 Å². The van der Waals surface area contributed by atoms with E-state index in [0.29, 0.717) is 18.7 Å². The molecule has 3 rings (SSSR count). The maximum absolute atomic E-state index is 14.8. The summed E-state index contributed by atoms with van der Waals surface area (Å²) in [7, 11) is -3.87. The summed E-state index contributed by atoms with van der Waals surface area (Å²) >= 11 is 0. The molecule has 0 aliphatic carbocycles. The number of carbonyl (C=O) groups excluding carboxylic acids is 2. The molecule has 0 aliphatic rings. The average molecular weight is 554 g/mol. The van der Waals surface area contributed by atoms with E-state index in [1.54, 1.807) is 37.3 Å². The Labute approximate surface area is 230 Å². The zero-order chi connectivity index (χ0) is 28.6. The first-order chi connectivity index (χ1) is 18.5. The summed E-state index contributed by atoms with van der Waals surface area (Å²) in [6, 6.07) is 19.5. The molecule has 1 N–H and O–H groups in total. The number of hydrogen-bond donors (Lipinski definition) is 1. The van der Waals surface area contributed by atoms with Gasteiger partial charge in [-0.2, -0.15) is 0 Å². The lowest BCUT2D eigenvalue weighted by Gasteiger charge is -2.34. The van der Waals surface area contributed by atoms with Crippen LogP contribution in [0.25, 0.3) is 0 Å². The van der Waals surface area contributed by atoms with Gasteiger partial charge in [0.05, 0.1) is 11.9 Å². The van der Waals surface area contributed by atoms with Crippen LogP contribution in [0.2, 0.25) is 0 Å². The van der Waals surface area contributed by atoms with Gasteiger partial charge in [0.15, 0.2) is 0 Å². The number of halogens is 1. The summed E-state index contributed by atoms with van der Waals surface area (Å²) in [5.74, 6) is -1.52. The highest BCUT2D eigenvalue weighted by Crippen LogP contribution is 2.26. The van der Waals surface area contributed by atoms with Crippen molar-refractivity contribution < 1.29 is 22.4 Å². The van der Waals surface area contributed by atoms with Crippen LogP contribution >= 0.6 is 0 Å². The van der Waals surface area contributed by atoms with Gasteiger partial charge in [-0.15, -0.1) is 0 Å². The fraction of sp³-hybridized carbons (Fsp3) is 0.333. The normalized spacial score (nSPS) is 12.0. The van der Waals surface area contributed by atoms with E-state index >= 15 is 0 Å². The molecule has 1 atom stereocenters. The van der Waals surface area contributed by atoms with E-state index in [4.69, 9.17) is 0 Å². The minimum atomic E-state index is -3.87. The summed E-state index contributed by atoms with van der Waals surface area (Å²) in [6.07, 6.45) is 1.91. The number of aryl methyl sites for hydroxylation is 1. The molecule has 0 spiro atoms. The lowest BCUT2D eigenvalue weighted by atomic mass is 10.0. The first-order valence-electron chi connectivity index (χ1n) is 12.9. The van der Waals surface area contributed by atoms with Gasteiger partial charge in [0.25, 0.3) is 0 Å². The second-order valence-electron chi connectivity index (χ2n) is 9.60. The van der Waals surface area contributed by atoms with E-state index in [9.17, 15) is 22.4 Å². The molecule has 3 aromatic carbocycles. The third-order valence-electron chi connectivity index (χ3n) is 6.64. The van der Waals surface area contributed by atoms with E-state index in [1.165, 1.54) is 11.0 Å². The van der Waals surface area contributed by atoms with Crippen molar-refractivity contribution in [2.45, 2.75) is 46.2 Å². The third kappa shape index (κ3) is 7.89. The highest BCUT2D eigenvalue weighted by Gasteiger charge is 2.33. The first kappa shape index (κ1) is 29.8. The molecule has 0 bridgehead atoms. The van der Waals surface area contributed by atoms with Gasteiger partial charge in [-0.05, 0) is 49.1 Å². The SMILES string of the molecule is CCCNC(=O)[C@@H](Cc1ccccc1)N(Cc1ccccc1F)C(=O)CN(c1cccc(C)c1C)S(C)(=O)=O. The minimum Gasteiger partial charge on any atom is -0.354 e. The van der Waals surface area contributed by atoms with Crippen LogP contribution in [0.1, 0.15) is 35.6 Å². The summed E-state index contributed by atoms with van der Waals surface area (Å²) in [5, 5.41) is 2.86. The molecule has 0 radical (unpaired) electrons. The van der Waals surface area contributed by atoms with Crippen LogP contribution < -0.4 is 9.62 Å². The zero-order valence-corrected chi connectivity index (χ0v) is 23.7. The van der Waals surface area contributed by atoms with E-state index in [0.717, 1.165) is 27.3 Å². The average Bonchev–Trinajstić information content (AvgIpc) is 2.90. The zero-order valence-electron chi connectivity index (χ0n) is 22.9. The van der Waals surface area contributed by atoms with Gasteiger partial charge >= 0.3 is 0 Å². The van der Waals surface area contributed by atoms with E-state index in [-0.39, 0.29) is 24.4 Å². The Balaban J connectivity index is 2.08. The number of sulfonamides is 1. The quantitative estimate of drug-likeness (QED) is 0.361. The molecular formula is C30H36FN3O4S. The van der Waals surface area contributed by atoms with Crippen LogP contribution in [0, 0.1) is 19.7 Å². The van der Waals surface area contributed by atoms with E-state index in [2.05, 4.69) is 5.32 Å². The monoisotopic (exact) mass is 553 g/mol. The standard InChI is InChI=1S/C30H36FN3O4S/c1-5-18-32-30(36)28(19-24-13-7-6-8-14-24)33(20-25-15-9-10-16-26(25)31)29(35)21-34(39(4,37)38)27-17-11-12-22(2)23(27)3/h6-17,28H,5,18-21H2,1-4H3,(H,32,36)/t28-/m1/s1. The van der Waals surface area contributed by atoms with Crippen molar-refractivity contribution in [2.24, 2.45) is 0 Å². The van der Waals surface area contributed by atoms with Gasteiger partial charge in [-0.25, -0.2) is 12.8 Å². The Bertz CT molecular complexity index is 1400. The highest BCUT2D eigenvalue weighted by molar-refractivity contribution is 7.92. The third-order valence-corrected chi connectivity index (χ3v) is 7.77. The number of nitrogens with zero attached hydrogens (tertiary/aromatic N) is 2. The number of nitrogens with one attached hydrogen (secondary N) is 1. The van der Waals surface area contributed by atoms with Gasteiger partial charge in [-0.1, -0.05) is 67.6 Å². The van der Waals surface area contributed by atoms with Crippen LogP contribution in [-0.2, 0) is 32.6 Å². The topological polar surface area (TPSA) is 86.8 Å². The number of anilines is 1. The van der Waals surface area contributed by atoms with Crippen molar-refractivity contribution in [2.75, 3.05) is 23.7 Å². The molecule has 7 nitrogen and oxygen atoms in total. The molecule has 2 amide bonds. The van der Waals surface area contributed by atoms with Gasteiger partial charge in [0, 0.05) is 25.1 Å². The molecule has 0 aromatic heterocycles. The summed E-state index contributed by atoms with van der Waals surface area (Å²) < 4.78 is 41.7. The van der Waals surface area contributed by atoms with Crippen molar-refractivity contribution in [1.29, 1.82) is 0 Å². The van der Waals surface area contributed by atoms with Gasteiger partial charge in [-0.3, -0.25) is 13.9 Å². The molecule has 0 fully saturated rings. The molecule has 3 aromatic rings. The highest BCUT2D eigenvalue weighted by atomic mass is 32.2. The van der Waals surface area contributed by atoms with Gasteiger partial charge in [0.1, 0.15) is 18.4 Å². The number of amides is 2. The Kier molecular flexibility index (Phi) is 10.2. The molecule has 208 valence electrons. The Morgan fingerprint density at radius 3 is 2.26 bits per heavy atom. The van der Waals surface area contributed by atoms with Crippen molar-refractivity contribution in [3.05, 3.63) is 101 Å². The molecule has 39 heavy (non-hydrogen) atoms. The fourth-order valence-corrected chi connectivity index (χ4v) is 5.23. The Morgan fingerprint density at radius 1 is 0.949 bits per heavy atom. The summed E-state index contributed by atoms with van der Waals surface area (Å²) in [4.78, 5) is 28.8. The van der Waals surface area contributed by atoms with Crippen LogP contribution in [-0.4, -0.2) is 50.5 Å².